The van der Waals surface area contributed by atoms with Gasteiger partial charge in [0, 0.05) is 25.0 Å². The van der Waals surface area contributed by atoms with Crippen LogP contribution in [0.1, 0.15) is 38.1 Å². The Labute approximate surface area is 158 Å². The second-order valence-corrected chi connectivity index (χ2v) is 8.33. The lowest BCUT2D eigenvalue weighted by Crippen LogP contribution is -2.34. The van der Waals surface area contributed by atoms with Crippen molar-refractivity contribution >= 4 is 27.7 Å². The summed E-state index contributed by atoms with van der Waals surface area (Å²) < 4.78 is 28.2. The third-order valence-electron chi connectivity index (χ3n) is 4.38. The highest BCUT2D eigenvalue weighted by molar-refractivity contribution is 7.92. The molecule has 0 saturated heterocycles. The Morgan fingerprint density at radius 3 is 2.70 bits per heavy atom. The fourth-order valence-corrected chi connectivity index (χ4v) is 3.96. The standard InChI is InChI=1S/C17H24N6O3S/c24-17(19-11-13-27(25,26)22-15-8-4-5-10-18-15)20-16-9-12-23(21-16)14-6-2-1-3-7-14/h4-5,8-10,12,14H,1-3,6-7,11,13H2,(H,18,22)(H2,19,20,21,24). The summed E-state index contributed by atoms with van der Waals surface area (Å²) in [6.45, 7) is -0.0304. The van der Waals surface area contributed by atoms with Gasteiger partial charge < -0.3 is 5.32 Å². The molecule has 3 N–H and O–H groups in total. The molecule has 0 unspecified atom stereocenters. The van der Waals surface area contributed by atoms with Crippen LogP contribution >= 0.6 is 0 Å². The minimum absolute atomic E-state index is 0.0304. The van der Waals surface area contributed by atoms with Crippen LogP contribution in [0.2, 0.25) is 0 Å². The monoisotopic (exact) mass is 392 g/mol. The molecule has 9 nitrogen and oxygen atoms in total. The normalized spacial score (nSPS) is 15.3. The summed E-state index contributed by atoms with van der Waals surface area (Å²) >= 11 is 0. The molecular formula is C17H24N6O3S. The van der Waals surface area contributed by atoms with Gasteiger partial charge in [0.15, 0.2) is 5.82 Å². The van der Waals surface area contributed by atoms with E-state index in [-0.39, 0.29) is 18.1 Å². The van der Waals surface area contributed by atoms with Crippen LogP contribution in [0.4, 0.5) is 16.4 Å². The van der Waals surface area contributed by atoms with Crippen molar-refractivity contribution in [3.05, 3.63) is 36.7 Å². The predicted octanol–water partition coefficient (Wildman–Crippen LogP) is 2.35. The Bertz CT molecular complexity index is 847. The number of sulfonamides is 1. The van der Waals surface area contributed by atoms with E-state index in [1.165, 1.54) is 25.5 Å². The van der Waals surface area contributed by atoms with Gasteiger partial charge in [0.05, 0.1) is 11.8 Å². The molecule has 0 aliphatic heterocycles. The van der Waals surface area contributed by atoms with Crippen molar-refractivity contribution in [3.8, 4) is 0 Å². The smallest absolute Gasteiger partial charge is 0.320 e. The number of hydrogen-bond donors (Lipinski definition) is 3. The van der Waals surface area contributed by atoms with Gasteiger partial charge in [-0.2, -0.15) is 5.10 Å². The summed E-state index contributed by atoms with van der Waals surface area (Å²) in [4.78, 5) is 15.8. The van der Waals surface area contributed by atoms with Crippen LogP contribution < -0.4 is 15.4 Å². The zero-order chi connectivity index (χ0) is 19.1. The van der Waals surface area contributed by atoms with E-state index in [2.05, 4.69) is 25.4 Å². The molecule has 1 fully saturated rings. The average molecular weight is 392 g/mol. The SMILES string of the molecule is O=C(NCCS(=O)(=O)Nc1ccccn1)Nc1ccn(C2CCCCC2)n1. The molecule has 0 atom stereocenters. The highest BCUT2D eigenvalue weighted by Crippen LogP contribution is 2.27. The first-order valence-electron chi connectivity index (χ1n) is 9.03. The first-order valence-corrected chi connectivity index (χ1v) is 10.7. The molecule has 27 heavy (non-hydrogen) atoms. The largest absolute Gasteiger partial charge is 0.337 e. The fourth-order valence-electron chi connectivity index (χ4n) is 3.05. The lowest BCUT2D eigenvalue weighted by molar-refractivity contribution is 0.252. The number of amides is 2. The van der Waals surface area contributed by atoms with Crippen molar-refractivity contribution in [2.24, 2.45) is 0 Å². The van der Waals surface area contributed by atoms with Crippen molar-refractivity contribution in [3.63, 3.8) is 0 Å². The lowest BCUT2D eigenvalue weighted by Gasteiger charge is -2.21. The van der Waals surface area contributed by atoms with Gasteiger partial charge in [-0.15, -0.1) is 0 Å². The highest BCUT2D eigenvalue weighted by Gasteiger charge is 2.17. The van der Waals surface area contributed by atoms with Crippen molar-refractivity contribution in [2.75, 3.05) is 22.3 Å². The quantitative estimate of drug-likeness (QED) is 0.668. The predicted molar refractivity (Wildman–Crippen MR) is 103 cm³/mol. The number of rotatable bonds is 7. The molecule has 2 aromatic rings. The summed E-state index contributed by atoms with van der Waals surface area (Å²) in [6, 6.07) is 6.58. The van der Waals surface area contributed by atoms with Crippen LogP contribution in [0.15, 0.2) is 36.7 Å². The first-order chi connectivity index (χ1) is 13.0. The van der Waals surface area contributed by atoms with Gasteiger partial charge in [-0.1, -0.05) is 25.3 Å². The molecule has 0 bridgehead atoms. The Morgan fingerprint density at radius 1 is 1.15 bits per heavy atom. The van der Waals surface area contributed by atoms with Gasteiger partial charge in [0.2, 0.25) is 10.0 Å². The Hall–Kier alpha value is -2.62. The highest BCUT2D eigenvalue weighted by atomic mass is 32.2. The second-order valence-electron chi connectivity index (χ2n) is 6.49. The van der Waals surface area contributed by atoms with Gasteiger partial charge in [0.25, 0.3) is 0 Å². The topological polar surface area (TPSA) is 118 Å². The van der Waals surface area contributed by atoms with E-state index >= 15 is 0 Å². The van der Waals surface area contributed by atoms with E-state index in [0.717, 1.165) is 12.8 Å². The van der Waals surface area contributed by atoms with Gasteiger partial charge in [-0.05, 0) is 25.0 Å². The van der Waals surface area contributed by atoms with Crippen LogP contribution in [-0.2, 0) is 10.0 Å². The van der Waals surface area contributed by atoms with Crippen LogP contribution in [0.5, 0.6) is 0 Å². The molecule has 2 amide bonds. The summed E-state index contributed by atoms with van der Waals surface area (Å²) in [5, 5.41) is 9.54. The maximum atomic E-state index is 12.0. The molecule has 2 aromatic heterocycles. The zero-order valence-corrected chi connectivity index (χ0v) is 15.8. The molecule has 146 valence electrons. The number of carbonyl (C=O) groups is 1. The van der Waals surface area contributed by atoms with Crippen LogP contribution in [0.25, 0.3) is 0 Å². The molecule has 2 heterocycles. The molecule has 10 heteroatoms. The van der Waals surface area contributed by atoms with Gasteiger partial charge >= 0.3 is 6.03 Å². The number of aromatic nitrogens is 3. The summed E-state index contributed by atoms with van der Waals surface area (Å²) in [7, 11) is -3.59. The third-order valence-corrected chi connectivity index (χ3v) is 5.64. The maximum absolute atomic E-state index is 12.0. The molecule has 1 aliphatic carbocycles. The summed E-state index contributed by atoms with van der Waals surface area (Å²) in [5.41, 5.74) is 0. The summed E-state index contributed by atoms with van der Waals surface area (Å²) in [5.74, 6) is 0.441. The second kappa shape index (κ2) is 8.85. The number of anilines is 2. The van der Waals surface area contributed by atoms with E-state index < -0.39 is 16.1 Å². The molecule has 3 rings (SSSR count). The van der Waals surface area contributed by atoms with Crippen molar-refractivity contribution in [1.82, 2.24) is 20.1 Å². The number of nitrogens with one attached hydrogen (secondary N) is 3. The number of carbonyl (C=O) groups excluding carboxylic acids is 1. The van der Waals surface area contributed by atoms with Crippen LogP contribution in [0.3, 0.4) is 0 Å². The van der Waals surface area contributed by atoms with E-state index in [1.54, 1.807) is 24.3 Å². The fraction of sp³-hybridized carbons (Fsp3) is 0.471. The van der Waals surface area contributed by atoms with Gasteiger partial charge in [-0.3, -0.25) is 14.7 Å². The zero-order valence-electron chi connectivity index (χ0n) is 15.0. The van der Waals surface area contributed by atoms with Gasteiger partial charge in [-0.25, -0.2) is 18.2 Å². The van der Waals surface area contributed by atoms with E-state index in [1.807, 2.05) is 10.9 Å². The third kappa shape index (κ3) is 5.95. The van der Waals surface area contributed by atoms with Crippen LogP contribution in [-0.4, -0.2) is 41.5 Å². The first kappa shape index (κ1) is 19.2. The van der Waals surface area contributed by atoms with Crippen molar-refractivity contribution in [1.29, 1.82) is 0 Å². The minimum atomic E-state index is -3.59. The Balaban J connectivity index is 1.42. The van der Waals surface area contributed by atoms with E-state index in [0.29, 0.717) is 11.9 Å². The Kier molecular flexibility index (Phi) is 6.28. The number of hydrogen-bond acceptors (Lipinski definition) is 5. The molecule has 0 radical (unpaired) electrons. The molecule has 1 aliphatic rings. The van der Waals surface area contributed by atoms with Gasteiger partial charge in [0.1, 0.15) is 5.82 Å². The Morgan fingerprint density at radius 2 is 1.96 bits per heavy atom. The number of pyridine rings is 1. The lowest BCUT2D eigenvalue weighted by atomic mass is 9.96. The maximum Gasteiger partial charge on any atom is 0.320 e. The molecule has 1 saturated carbocycles. The average Bonchev–Trinajstić information content (AvgIpc) is 3.11. The molecular weight excluding hydrogens is 368 g/mol. The van der Waals surface area contributed by atoms with E-state index in [4.69, 9.17) is 0 Å². The molecule has 0 aromatic carbocycles. The number of nitrogens with zero attached hydrogens (tertiary/aromatic N) is 3. The van der Waals surface area contributed by atoms with Crippen molar-refractivity contribution in [2.45, 2.75) is 38.1 Å². The van der Waals surface area contributed by atoms with Crippen LogP contribution in [0, 0.1) is 0 Å². The van der Waals surface area contributed by atoms with E-state index in [9.17, 15) is 13.2 Å². The minimum Gasteiger partial charge on any atom is -0.337 e. The summed E-state index contributed by atoms with van der Waals surface area (Å²) in [6.07, 6.45) is 9.25. The number of urea groups is 1. The molecule has 0 spiro atoms. The van der Waals surface area contributed by atoms with Crippen molar-refractivity contribution < 1.29 is 13.2 Å².